The fourth-order valence-corrected chi connectivity index (χ4v) is 0.929. The van der Waals surface area contributed by atoms with Gasteiger partial charge in [0.05, 0.1) is 17.5 Å². The Morgan fingerprint density at radius 3 is 2.80 bits per heavy atom. The summed E-state index contributed by atoms with van der Waals surface area (Å²) in [6, 6.07) is 0.852. The third kappa shape index (κ3) is 3.09. The Bertz CT molecular complexity index is 415. The van der Waals surface area contributed by atoms with E-state index in [9.17, 15) is 18.0 Å². The minimum absolute atomic E-state index is 0.0911. The van der Waals surface area contributed by atoms with Crippen LogP contribution in [0, 0.1) is 11.8 Å². The van der Waals surface area contributed by atoms with E-state index >= 15 is 0 Å². The number of rotatable bonds is 1. The van der Waals surface area contributed by atoms with Crippen LogP contribution in [0.5, 0.6) is 0 Å². The predicted molar refractivity (Wildman–Crippen MR) is 46.8 cm³/mol. The van der Waals surface area contributed by atoms with E-state index in [2.05, 4.69) is 16.8 Å². The fraction of sp³-hybridized carbons (Fsp3) is 0.200. The minimum Gasteiger partial charge on any atom is -0.302 e. The second kappa shape index (κ2) is 4.60. The molecule has 0 aromatic carbocycles. The summed E-state index contributed by atoms with van der Waals surface area (Å²) in [6.07, 6.45) is -1.94. The van der Waals surface area contributed by atoms with E-state index in [1.807, 2.05) is 0 Å². The minimum atomic E-state index is -4.45. The van der Waals surface area contributed by atoms with Gasteiger partial charge in [-0.05, 0) is 6.07 Å². The molecule has 0 aliphatic rings. The van der Waals surface area contributed by atoms with E-state index in [-0.39, 0.29) is 12.0 Å². The topological polar surface area (TPSA) is 30.0 Å². The van der Waals surface area contributed by atoms with E-state index in [0.717, 1.165) is 18.5 Å². The van der Waals surface area contributed by atoms with Crippen LogP contribution in [0.3, 0.4) is 0 Å². The van der Waals surface area contributed by atoms with Gasteiger partial charge in [-0.3, -0.25) is 4.98 Å². The molecule has 0 saturated heterocycles. The van der Waals surface area contributed by atoms with Gasteiger partial charge in [-0.2, -0.15) is 13.2 Å². The number of alkyl halides is 3. The van der Waals surface area contributed by atoms with E-state index in [1.165, 1.54) is 0 Å². The number of carbonyl (C=O) groups is 1. The molecule has 2 nitrogen and oxygen atoms in total. The third-order valence-corrected chi connectivity index (χ3v) is 1.53. The summed E-state index contributed by atoms with van der Waals surface area (Å²) in [4.78, 5) is 13.5. The molecule has 5 heteroatoms. The molecule has 0 bridgehead atoms. The molecule has 0 atom stereocenters. The summed E-state index contributed by atoms with van der Waals surface area (Å²) in [7, 11) is 0. The lowest BCUT2D eigenvalue weighted by molar-refractivity contribution is -0.137. The maximum Gasteiger partial charge on any atom is 0.417 e. The standard InChI is InChI=1S/C10H6F3NO/c11-10(12,13)9-4-5-14-7-8(9)3-1-2-6-15/h4-7H,2H2. The van der Waals surface area contributed by atoms with Crippen LogP contribution in [0.15, 0.2) is 18.5 Å². The number of nitrogens with zero attached hydrogens (tertiary/aromatic N) is 1. The quantitative estimate of drug-likeness (QED) is 0.527. The molecule has 0 N–H and O–H groups in total. The lowest BCUT2D eigenvalue weighted by Crippen LogP contribution is -2.07. The summed E-state index contributed by atoms with van der Waals surface area (Å²) in [5.41, 5.74) is -1.05. The highest BCUT2D eigenvalue weighted by atomic mass is 19.4. The van der Waals surface area contributed by atoms with E-state index in [0.29, 0.717) is 6.29 Å². The fourth-order valence-electron chi connectivity index (χ4n) is 0.929. The molecule has 1 heterocycles. The van der Waals surface area contributed by atoms with Gasteiger partial charge >= 0.3 is 6.18 Å². The highest BCUT2D eigenvalue weighted by Crippen LogP contribution is 2.30. The van der Waals surface area contributed by atoms with Gasteiger partial charge in [0.2, 0.25) is 0 Å². The summed E-state index contributed by atoms with van der Waals surface area (Å²) in [6.45, 7) is 0. The van der Waals surface area contributed by atoms with Crippen LogP contribution < -0.4 is 0 Å². The molecule has 0 unspecified atom stereocenters. The van der Waals surface area contributed by atoms with Crippen LogP contribution >= 0.6 is 0 Å². The first kappa shape index (κ1) is 11.2. The summed E-state index contributed by atoms with van der Waals surface area (Å²) in [5.74, 6) is 4.56. The Balaban J connectivity index is 3.09. The number of hydrogen-bond acceptors (Lipinski definition) is 2. The molecule has 15 heavy (non-hydrogen) atoms. The number of halogens is 3. The lowest BCUT2D eigenvalue weighted by atomic mass is 10.1. The number of hydrogen-bond donors (Lipinski definition) is 0. The molecule has 1 rings (SSSR count). The molecule has 1 aromatic heterocycles. The van der Waals surface area contributed by atoms with Crippen molar-refractivity contribution in [1.29, 1.82) is 0 Å². The molecular formula is C10H6F3NO. The van der Waals surface area contributed by atoms with Crippen molar-refractivity contribution in [2.75, 3.05) is 0 Å². The van der Waals surface area contributed by atoms with Crippen LogP contribution in [0.2, 0.25) is 0 Å². The van der Waals surface area contributed by atoms with Crippen molar-refractivity contribution < 1.29 is 18.0 Å². The van der Waals surface area contributed by atoms with Crippen LogP contribution in [-0.4, -0.2) is 11.3 Å². The van der Waals surface area contributed by atoms with Crippen molar-refractivity contribution in [2.24, 2.45) is 0 Å². The maximum atomic E-state index is 12.4. The number of carbonyl (C=O) groups excluding carboxylic acids is 1. The first-order chi connectivity index (χ1) is 7.05. The van der Waals surface area contributed by atoms with Gasteiger partial charge < -0.3 is 4.79 Å². The van der Waals surface area contributed by atoms with Gasteiger partial charge in [0.15, 0.2) is 0 Å². The largest absolute Gasteiger partial charge is 0.417 e. The number of pyridine rings is 1. The molecule has 0 fully saturated rings. The normalized spacial score (nSPS) is 10.3. The second-order valence-electron chi connectivity index (χ2n) is 2.59. The smallest absolute Gasteiger partial charge is 0.302 e. The first-order valence-electron chi connectivity index (χ1n) is 3.99. The lowest BCUT2D eigenvalue weighted by Gasteiger charge is -2.07. The van der Waals surface area contributed by atoms with Crippen LogP contribution in [-0.2, 0) is 11.0 Å². The molecule has 0 radical (unpaired) electrons. The predicted octanol–water partition coefficient (Wildman–Crippen LogP) is 2.04. The van der Waals surface area contributed by atoms with Crippen molar-refractivity contribution in [3.63, 3.8) is 0 Å². The number of aldehydes is 1. The molecule has 0 amide bonds. The number of aromatic nitrogens is 1. The van der Waals surface area contributed by atoms with Crippen molar-refractivity contribution in [1.82, 2.24) is 4.98 Å². The van der Waals surface area contributed by atoms with Gasteiger partial charge in [-0.1, -0.05) is 11.8 Å². The van der Waals surface area contributed by atoms with Crippen molar-refractivity contribution in [3.05, 3.63) is 29.6 Å². The Morgan fingerprint density at radius 2 is 2.20 bits per heavy atom. The average molecular weight is 213 g/mol. The molecule has 1 aromatic rings. The van der Waals surface area contributed by atoms with Crippen LogP contribution in [0.4, 0.5) is 13.2 Å². The van der Waals surface area contributed by atoms with Crippen LogP contribution in [0.1, 0.15) is 17.5 Å². The van der Waals surface area contributed by atoms with E-state index in [4.69, 9.17) is 0 Å². The summed E-state index contributed by atoms with van der Waals surface area (Å²) >= 11 is 0. The monoisotopic (exact) mass is 213 g/mol. The molecule has 0 saturated carbocycles. The Hall–Kier alpha value is -1.83. The van der Waals surface area contributed by atoms with Gasteiger partial charge in [0, 0.05) is 12.4 Å². The maximum absolute atomic E-state index is 12.4. The average Bonchev–Trinajstić information content (AvgIpc) is 2.17. The molecule has 0 aliphatic heterocycles. The third-order valence-electron chi connectivity index (χ3n) is 1.53. The Morgan fingerprint density at radius 1 is 1.47 bits per heavy atom. The Kier molecular flexibility index (Phi) is 3.45. The Labute approximate surface area is 84.1 Å². The SMILES string of the molecule is O=CCC#Cc1cnccc1C(F)(F)F. The zero-order valence-corrected chi connectivity index (χ0v) is 7.51. The summed E-state index contributed by atoms with van der Waals surface area (Å²) in [5, 5.41) is 0. The van der Waals surface area contributed by atoms with Gasteiger partial charge in [-0.15, -0.1) is 0 Å². The zero-order valence-electron chi connectivity index (χ0n) is 7.51. The molecule has 0 spiro atoms. The second-order valence-corrected chi connectivity index (χ2v) is 2.59. The van der Waals surface area contributed by atoms with E-state index in [1.54, 1.807) is 0 Å². The van der Waals surface area contributed by atoms with Gasteiger partial charge in [-0.25, -0.2) is 0 Å². The van der Waals surface area contributed by atoms with Crippen molar-refractivity contribution in [3.8, 4) is 11.8 Å². The zero-order chi connectivity index (χ0) is 11.3. The van der Waals surface area contributed by atoms with Crippen molar-refractivity contribution >= 4 is 6.29 Å². The highest BCUT2D eigenvalue weighted by Gasteiger charge is 2.32. The first-order valence-corrected chi connectivity index (χ1v) is 3.99. The van der Waals surface area contributed by atoms with Crippen molar-refractivity contribution in [2.45, 2.75) is 12.6 Å². The molecule has 0 aliphatic carbocycles. The van der Waals surface area contributed by atoms with Gasteiger partial charge in [0.25, 0.3) is 0 Å². The molecule has 78 valence electrons. The summed E-state index contributed by atoms with van der Waals surface area (Å²) < 4.78 is 37.2. The van der Waals surface area contributed by atoms with Gasteiger partial charge in [0.1, 0.15) is 6.29 Å². The highest BCUT2D eigenvalue weighted by molar-refractivity contribution is 5.55. The van der Waals surface area contributed by atoms with E-state index < -0.39 is 11.7 Å². The van der Waals surface area contributed by atoms with Crippen LogP contribution in [0.25, 0.3) is 0 Å². The molecular weight excluding hydrogens is 207 g/mol.